The Kier molecular flexibility index (Phi) is 6.72. The van der Waals surface area contributed by atoms with Gasteiger partial charge in [-0.2, -0.15) is 0 Å². The summed E-state index contributed by atoms with van der Waals surface area (Å²) in [5, 5.41) is 0. The number of rotatable bonds is 5. The number of piperidine rings is 1. The van der Waals surface area contributed by atoms with Crippen molar-refractivity contribution in [3.8, 4) is 11.1 Å². The summed E-state index contributed by atoms with van der Waals surface area (Å²) in [6.07, 6.45) is 2.01. The summed E-state index contributed by atoms with van der Waals surface area (Å²) in [6, 6.07) is 9.41. The molecule has 0 spiro atoms. The van der Waals surface area contributed by atoms with Crippen LogP contribution in [0, 0.1) is 11.6 Å². The predicted molar refractivity (Wildman–Crippen MR) is 109 cm³/mol. The normalized spacial score (nSPS) is 19.5. The van der Waals surface area contributed by atoms with E-state index >= 15 is 0 Å². The molecule has 0 saturated carbocycles. The number of hydrogen-bond donors (Lipinski definition) is 1. The standard InChI is InChI=1S/C21H24F2N2O4S/c1-29-21(26)25-11-5-10-18(24-30(2,27)28)19(25)13-14-6-3-7-15(12-14)20-16(22)8-4-9-17(20)23/h3-4,6-9,12,18-19,24H,5,10-11,13H2,1-2H3/t18-,19-/m1/s1. The molecule has 3 rings (SSSR count). The number of sulfonamides is 1. The van der Waals surface area contributed by atoms with Crippen LogP contribution in [0.15, 0.2) is 42.5 Å². The SMILES string of the molecule is COC(=O)N1CCC[C@@H](NS(C)(=O)=O)[C@H]1Cc1cccc(-c2c(F)cccc2F)c1. The number of benzene rings is 2. The Morgan fingerprint density at radius 3 is 2.50 bits per heavy atom. The molecule has 2 atom stereocenters. The van der Waals surface area contributed by atoms with E-state index in [2.05, 4.69) is 4.72 Å². The number of amides is 1. The van der Waals surface area contributed by atoms with Crippen molar-refractivity contribution in [1.82, 2.24) is 9.62 Å². The molecule has 1 saturated heterocycles. The fourth-order valence-electron chi connectivity index (χ4n) is 3.93. The zero-order chi connectivity index (χ0) is 21.9. The largest absolute Gasteiger partial charge is 0.453 e. The summed E-state index contributed by atoms with van der Waals surface area (Å²) in [5.74, 6) is -1.34. The third kappa shape index (κ3) is 5.14. The van der Waals surface area contributed by atoms with Crippen molar-refractivity contribution in [1.29, 1.82) is 0 Å². The Labute approximate surface area is 174 Å². The van der Waals surface area contributed by atoms with E-state index < -0.39 is 39.8 Å². The molecule has 1 heterocycles. The first-order chi connectivity index (χ1) is 14.2. The zero-order valence-electron chi connectivity index (χ0n) is 16.8. The van der Waals surface area contributed by atoms with Crippen LogP contribution in [0.2, 0.25) is 0 Å². The van der Waals surface area contributed by atoms with E-state index in [9.17, 15) is 22.0 Å². The molecule has 6 nitrogen and oxygen atoms in total. The smallest absolute Gasteiger partial charge is 0.409 e. The van der Waals surface area contributed by atoms with Crippen molar-refractivity contribution in [3.63, 3.8) is 0 Å². The Bertz CT molecular complexity index is 1010. The van der Waals surface area contributed by atoms with Gasteiger partial charge in [-0.1, -0.05) is 30.3 Å². The third-order valence-electron chi connectivity index (χ3n) is 5.18. The highest BCUT2D eigenvalue weighted by Gasteiger charge is 2.36. The zero-order valence-corrected chi connectivity index (χ0v) is 17.6. The fourth-order valence-corrected chi connectivity index (χ4v) is 4.76. The molecule has 2 aromatic carbocycles. The quantitative estimate of drug-likeness (QED) is 0.777. The van der Waals surface area contributed by atoms with Gasteiger partial charge in [0.15, 0.2) is 0 Å². The maximum absolute atomic E-state index is 14.2. The molecule has 1 aliphatic heterocycles. The number of ether oxygens (including phenoxy) is 1. The monoisotopic (exact) mass is 438 g/mol. The highest BCUT2D eigenvalue weighted by atomic mass is 32.2. The van der Waals surface area contributed by atoms with E-state index in [1.165, 1.54) is 30.2 Å². The topological polar surface area (TPSA) is 75.7 Å². The molecule has 0 aliphatic carbocycles. The van der Waals surface area contributed by atoms with Gasteiger partial charge < -0.3 is 9.64 Å². The predicted octanol–water partition coefficient (Wildman–Crippen LogP) is 3.32. The number of halogens is 2. The van der Waals surface area contributed by atoms with Crippen LogP contribution in [0.5, 0.6) is 0 Å². The fraction of sp³-hybridized carbons (Fsp3) is 0.381. The number of carbonyl (C=O) groups excluding carboxylic acids is 1. The lowest BCUT2D eigenvalue weighted by molar-refractivity contribution is 0.0792. The Hall–Kier alpha value is -2.52. The number of carbonyl (C=O) groups is 1. The van der Waals surface area contributed by atoms with Crippen LogP contribution in [0.3, 0.4) is 0 Å². The molecule has 162 valence electrons. The lowest BCUT2D eigenvalue weighted by Gasteiger charge is -2.40. The molecule has 1 amide bonds. The minimum absolute atomic E-state index is 0.126. The second-order valence-corrected chi connectivity index (χ2v) is 9.15. The van der Waals surface area contributed by atoms with Gasteiger partial charge in [0.25, 0.3) is 0 Å². The van der Waals surface area contributed by atoms with Gasteiger partial charge in [-0.25, -0.2) is 26.7 Å². The van der Waals surface area contributed by atoms with E-state index in [1.807, 2.05) is 0 Å². The summed E-state index contributed by atoms with van der Waals surface area (Å²) < 4.78 is 59.5. The molecule has 0 aromatic heterocycles. The first kappa shape index (κ1) is 22.2. The highest BCUT2D eigenvalue weighted by molar-refractivity contribution is 7.88. The lowest BCUT2D eigenvalue weighted by Crippen LogP contribution is -2.57. The molecule has 0 radical (unpaired) electrons. The second kappa shape index (κ2) is 9.09. The second-order valence-electron chi connectivity index (χ2n) is 7.37. The van der Waals surface area contributed by atoms with E-state index in [4.69, 9.17) is 4.74 Å². The van der Waals surface area contributed by atoms with Crippen molar-refractivity contribution in [2.24, 2.45) is 0 Å². The number of nitrogens with one attached hydrogen (secondary N) is 1. The van der Waals surface area contributed by atoms with E-state index in [-0.39, 0.29) is 5.56 Å². The van der Waals surface area contributed by atoms with Gasteiger partial charge in [0.05, 0.1) is 25.0 Å². The van der Waals surface area contributed by atoms with Crippen LogP contribution in [0.25, 0.3) is 11.1 Å². The van der Waals surface area contributed by atoms with Crippen molar-refractivity contribution < 1.29 is 26.7 Å². The van der Waals surface area contributed by atoms with E-state index in [1.54, 1.807) is 24.3 Å². The average molecular weight is 438 g/mol. The molecule has 1 N–H and O–H groups in total. The molecule has 9 heteroatoms. The lowest BCUT2D eigenvalue weighted by atomic mass is 9.90. The molecule has 0 bridgehead atoms. The maximum atomic E-state index is 14.2. The van der Waals surface area contributed by atoms with Gasteiger partial charge in [0.2, 0.25) is 10.0 Å². The van der Waals surface area contributed by atoms with Crippen LogP contribution in [0.1, 0.15) is 18.4 Å². The van der Waals surface area contributed by atoms with Crippen molar-refractivity contribution in [3.05, 3.63) is 59.7 Å². The van der Waals surface area contributed by atoms with Crippen molar-refractivity contribution in [2.75, 3.05) is 19.9 Å². The van der Waals surface area contributed by atoms with E-state index in [0.717, 1.165) is 11.8 Å². The van der Waals surface area contributed by atoms with Crippen molar-refractivity contribution in [2.45, 2.75) is 31.3 Å². The summed E-state index contributed by atoms with van der Waals surface area (Å²) in [7, 11) is -2.22. The number of methoxy groups -OCH3 is 1. The summed E-state index contributed by atoms with van der Waals surface area (Å²) in [5.41, 5.74) is 0.964. The number of hydrogen-bond acceptors (Lipinski definition) is 4. The molecular formula is C21H24F2N2O4S. The molecule has 30 heavy (non-hydrogen) atoms. The summed E-state index contributed by atoms with van der Waals surface area (Å²) >= 11 is 0. The Morgan fingerprint density at radius 2 is 1.87 bits per heavy atom. The average Bonchev–Trinajstić information content (AvgIpc) is 2.68. The van der Waals surface area contributed by atoms with Crippen molar-refractivity contribution >= 4 is 16.1 Å². The van der Waals surface area contributed by atoms with Gasteiger partial charge in [0.1, 0.15) is 11.6 Å². The highest BCUT2D eigenvalue weighted by Crippen LogP contribution is 2.29. The molecule has 1 fully saturated rings. The van der Waals surface area contributed by atoms with Crippen LogP contribution < -0.4 is 4.72 Å². The van der Waals surface area contributed by atoms with Gasteiger partial charge >= 0.3 is 6.09 Å². The van der Waals surface area contributed by atoms with Crippen LogP contribution in [-0.2, 0) is 21.2 Å². The minimum atomic E-state index is -3.50. The molecule has 2 aromatic rings. The number of likely N-dealkylation sites (tertiary alicyclic amines) is 1. The van der Waals surface area contributed by atoms with Crippen LogP contribution >= 0.6 is 0 Å². The maximum Gasteiger partial charge on any atom is 0.409 e. The Morgan fingerprint density at radius 1 is 1.20 bits per heavy atom. The molecule has 0 unspecified atom stereocenters. The molecule has 1 aliphatic rings. The summed E-state index contributed by atoms with van der Waals surface area (Å²) in [4.78, 5) is 13.8. The number of nitrogens with zero attached hydrogens (tertiary/aromatic N) is 1. The Balaban J connectivity index is 1.95. The third-order valence-corrected chi connectivity index (χ3v) is 5.91. The first-order valence-electron chi connectivity index (χ1n) is 9.55. The molecular weight excluding hydrogens is 414 g/mol. The van der Waals surface area contributed by atoms with Gasteiger partial charge in [-0.05, 0) is 42.5 Å². The van der Waals surface area contributed by atoms with Gasteiger partial charge in [0, 0.05) is 12.6 Å². The minimum Gasteiger partial charge on any atom is -0.453 e. The van der Waals surface area contributed by atoms with Gasteiger partial charge in [-0.3, -0.25) is 0 Å². The first-order valence-corrected chi connectivity index (χ1v) is 11.4. The summed E-state index contributed by atoms with van der Waals surface area (Å²) in [6.45, 7) is 0.431. The van der Waals surface area contributed by atoms with Crippen LogP contribution in [-0.4, -0.2) is 51.4 Å². The van der Waals surface area contributed by atoms with Crippen LogP contribution in [0.4, 0.5) is 13.6 Å². The van der Waals surface area contributed by atoms with Gasteiger partial charge in [-0.15, -0.1) is 0 Å². The van der Waals surface area contributed by atoms with E-state index in [0.29, 0.717) is 31.4 Å².